The number of H-pyrrole nitrogens is 1. The number of nitrogens with one attached hydrogen (secondary N) is 3. The van der Waals surface area contributed by atoms with E-state index >= 15 is 4.39 Å². The Bertz CT molecular complexity index is 1130. The van der Waals surface area contributed by atoms with E-state index in [-0.39, 0.29) is 11.6 Å². The first-order valence-corrected chi connectivity index (χ1v) is 9.74. The molecule has 1 unspecified atom stereocenters. The molecular weight excluding hydrogens is 374 g/mol. The molecule has 8 heteroatoms. The molecule has 0 fully saturated rings. The number of nitrogens with zero attached hydrogens (tertiary/aromatic N) is 3. The van der Waals surface area contributed by atoms with Crippen molar-refractivity contribution >= 4 is 11.8 Å². The van der Waals surface area contributed by atoms with Gasteiger partial charge < -0.3 is 10.6 Å². The van der Waals surface area contributed by atoms with Gasteiger partial charge in [0.25, 0.3) is 0 Å². The van der Waals surface area contributed by atoms with Crippen LogP contribution >= 0.6 is 0 Å². The Morgan fingerprint density at radius 2 is 2.17 bits per heavy atom. The molecule has 0 bridgehead atoms. The highest BCUT2D eigenvalue weighted by Crippen LogP contribution is 2.35. The average molecular weight is 396 g/mol. The van der Waals surface area contributed by atoms with Crippen molar-refractivity contribution in [3.05, 3.63) is 58.0 Å². The summed E-state index contributed by atoms with van der Waals surface area (Å²) in [5.41, 5.74) is 5.11. The molecule has 0 amide bonds. The lowest BCUT2D eigenvalue weighted by molar-refractivity contribution is 0.469. The van der Waals surface area contributed by atoms with Gasteiger partial charge in [0.2, 0.25) is 0 Å². The van der Waals surface area contributed by atoms with E-state index in [9.17, 15) is 4.39 Å². The zero-order valence-electron chi connectivity index (χ0n) is 16.3. The van der Waals surface area contributed by atoms with Gasteiger partial charge in [-0.25, -0.2) is 8.78 Å². The SMILES string of the molecule is CNC1CCc2cc(F)c(C3=Cc4c(-c5cnn(C)c5)n[nH]c4CN3)c(F)c2C1. The van der Waals surface area contributed by atoms with E-state index in [2.05, 4.69) is 25.9 Å². The molecule has 6 nitrogen and oxygen atoms in total. The van der Waals surface area contributed by atoms with Crippen molar-refractivity contribution in [2.75, 3.05) is 7.05 Å². The molecule has 0 radical (unpaired) electrons. The van der Waals surface area contributed by atoms with Crippen molar-refractivity contribution in [2.45, 2.75) is 31.8 Å². The summed E-state index contributed by atoms with van der Waals surface area (Å²) in [4.78, 5) is 0. The normalized spacial score (nSPS) is 18.1. The summed E-state index contributed by atoms with van der Waals surface area (Å²) in [6.45, 7) is 0.420. The van der Waals surface area contributed by atoms with Crippen molar-refractivity contribution in [2.24, 2.45) is 7.05 Å². The van der Waals surface area contributed by atoms with Gasteiger partial charge in [0.1, 0.15) is 17.3 Å². The highest BCUT2D eigenvalue weighted by Gasteiger charge is 2.28. The van der Waals surface area contributed by atoms with Gasteiger partial charge in [-0.05, 0) is 49.6 Å². The van der Waals surface area contributed by atoms with Gasteiger partial charge in [-0.2, -0.15) is 10.2 Å². The number of aromatic amines is 1. The summed E-state index contributed by atoms with van der Waals surface area (Å²) < 4.78 is 32.1. The third kappa shape index (κ3) is 2.95. The van der Waals surface area contributed by atoms with E-state index in [0.717, 1.165) is 34.5 Å². The largest absolute Gasteiger partial charge is 0.379 e. The van der Waals surface area contributed by atoms with Crippen LogP contribution in [-0.2, 0) is 26.4 Å². The number of halogens is 2. The van der Waals surface area contributed by atoms with Crippen LogP contribution in [0.3, 0.4) is 0 Å². The van der Waals surface area contributed by atoms with Gasteiger partial charge in [0.05, 0.1) is 24.0 Å². The molecule has 0 saturated carbocycles. The standard InChI is InChI=1S/C21H22F2N6/c1-24-13-4-3-11-5-16(22)19(20(23)14(11)6-13)17-7-15-18(9-25-17)27-28-21(15)12-8-26-29(2)10-12/h5,7-8,10,13,24-25H,3-4,6,9H2,1-2H3,(H,27,28). The van der Waals surface area contributed by atoms with Crippen LogP contribution in [-0.4, -0.2) is 33.1 Å². The highest BCUT2D eigenvalue weighted by atomic mass is 19.1. The monoisotopic (exact) mass is 396 g/mol. The Morgan fingerprint density at radius 1 is 1.31 bits per heavy atom. The fourth-order valence-corrected chi connectivity index (χ4v) is 4.30. The maximum atomic E-state index is 15.5. The summed E-state index contributed by atoms with van der Waals surface area (Å²) in [7, 11) is 3.71. The lowest BCUT2D eigenvalue weighted by atomic mass is 9.85. The molecule has 1 aliphatic heterocycles. The Kier molecular flexibility index (Phi) is 4.24. The minimum absolute atomic E-state index is 0.00416. The number of aryl methyl sites for hydroxylation is 2. The highest BCUT2D eigenvalue weighted by molar-refractivity contribution is 5.88. The van der Waals surface area contributed by atoms with Gasteiger partial charge in [-0.3, -0.25) is 9.78 Å². The molecule has 1 aliphatic carbocycles. The minimum atomic E-state index is -0.530. The summed E-state index contributed by atoms with van der Waals surface area (Å²) in [5, 5.41) is 17.9. The Labute approximate surface area is 167 Å². The summed E-state index contributed by atoms with van der Waals surface area (Å²) in [6.07, 6.45) is 7.49. The minimum Gasteiger partial charge on any atom is -0.379 e. The maximum absolute atomic E-state index is 15.5. The zero-order chi connectivity index (χ0) is 20.1. The van der Waals surface area contributed by atoms with E-state index in [1.54, 1.807) is 17.0 Å². The first-order chi connectivity index (χ1) is 14.0. The first kappa shape index (κ1) is 18.1. The number of aromatic nitrogens is 4. The van der Waals surface area contributed by atoms with E-state index < -0.39 is 11.6 Å². The number of hydrogen-bond acceptors (Lipinski definition) is 4. The molecule has 0 spiro atoms. The van der Waals surface area contributed by atoms with Crippen LogP contribution in [0.4, 0.5) is 8.78 Å². The molecule has 2 aliphatic rings. The number of fused-ring (bicyclic) bond motifs is 2. The molecule has 3 heterocycles. The Balaban J connectivity index is 1.61. The lowest BCUT2D eigenvalue weighted by Gasteiger charge is -2.27. The predicted molar refractivity (Wildman–Crippen MR) is 107 cm³/mol. The van der Waals surface area contributed by atoms with Crippen molar-refractivity contribution < 1.29 is 8.78 Å². The van der Waals surface area contributed by atoms with Gasteiger partial charge >= 0.3 is 0 Å². The molecule has 1 aromatic carbocycles. The van der Waals surface area contributed by atoms with Crippen LogP contribution in [0.5, 0.6) is 0 Å². The van der Waals surface area contributed by atoms with E-state index in [1.165, 1.54) is 6.07 Å². The third-order valence-electron chi connectivity index (χ3n) is 5.91. The lowest BCUT2D eigenvalue weighted by Crippen LogP contribution is -2.32. The fourth-order valence-electron chi connectivity index (χ4n) is 4.30. The summed E-state index contributed by atoms with van der Waals surface area (Å²) in [6, 6.07) is 1.70. The van der Waals surface area contributed by atoms with Crippen molar-refractivity contribution in [3.63, 3.8) is 0 Å². The zero-order valence-corrected chi connectivity index (χ0v) is 16.3. The predicted octanol–water partition coefficient (Wildman–Crippen LogP) is 2.77. The molecule has 3 N–H and O–H groups in total. The van der Waals surface area contributed by atoms with Gasteiger partial charge in [-0.15, -0.1) is 0 Å². The van der Waals surface area contributed by atoms with E-state index in [1.807, 2.05) is 20.3 Å². The molecule has 1 atom stereocenters. The van der Waals surface area contributed by atoms with Crippen LogP contribution in [0.1, 0.15) is 34.4 Å². The van der Waals surface area contributed by atoms with Crippen LogP contribution in [0.15, 0.2) is 18.5 Å². The maximum Gasteiger partial charge on any atom is 0.138 e. The third-order valence-corrected chi connectivity index (χ3v) is 5.91. The quantitative estimate of drug-likeness (QED) is 0.637. The summed E-state index contributed by atoms with van der Waals surface area (Å²) in [5.74, 6) is -0.994. The molecule has 29 heavy (non-hydrogen) atoms. The Morgan fingerprint density at radius 3 is 2.93 bits per heavy atom. The van der Waals surface area contributed by atoms with Gasteiger partial charge in [-0.1, -0.05) is 0 Å². The van der Waals surface area contributed by atoms with Crippen LogP contribution < -0.4 is 10.6 Å². The molecular formula is C21H22F2N6. The van der Waals surface area contributed by atoms with Gasteiger partial charge in [0, 0.05) is 36.1 Å². The topological polar surface area (TPSA) is 70.6 Å². The van der Waals surface area contributed by atoms with Crippen LogP contribution in [0, 0.1) is 11.6 Å². The molecule has 5 rings (SSSR count). The second-order valence-corrected chi connectivity index (χ2v) is 7.69. The molecule has 0 saturated heterocycles. The number of benzene rings is 1. The average Bonchev–Trinajstić information content (AvgIpc) is 3.33. The molecule has 2 aromatic heterocycles. The second-order valence-electron chi connectivity index (χ2n) is 7.69. The molecule has 3 aromatic rings. The summed E-state index contributed by atoms with van der Waals surface area (Å²) >= 11 is 0. The van der Waals surface area contributed by atoms with Crippen molar-refractivity contribution in [3.8, 4) is 11.3 Å². The van der Waals surface area contributed by atoms with Gasteiger partial charge in [0.15, 0.2) is 0 Å². The number of likely N-dealkylation sites (N-methyl/N-ethyl adjacent to an activating group) is 1. The number of rotatable bonds is 3. The fraction of sp³-hybridized carbons (Fsp3) is 0.333. The van der Waals surface area contributed by atoms with E-state index in [4.69, 9.17) is 0 Å². The molecule has 150 valence electrons. The smallest absolute Gasteiger partial charge is 0.138 e. The van der Waals surface area contributed by atoms with Crippen molar-refractivity contribution in [1.82, 2.24) is 30.6 Å². The Hall–Kier alpha value is -3.00. The van der Waals surface area contributed by atoms with E-state index in [0.29, 0.717) is 30.6 Å². The van der Waals surface area contributed by atoms with Crippen molar-refractivity contribution in [1.29, 1.82) is 0 Å². The van der Waals surface area contributed by atoms with Crippen LogP contribution in [0.2, 0.25) is 0 Å². The second kappa shape index (κ2) is 6.81. The first-order valence-electron chi connectivity index (χ1n) is 9.74. The number of hydrogen-bond donors (Lipinski definition) is 3. The van der Waals surface area contributed by atoms with Crippen LogP contribution in [0.25, 0.3) is 23.0 Å².